The van der Waals surface area contributed by atoms with Gasteiger partial charge in [-0.15, -0.1) is 0 Å². The van der Waals surface area contributed by atoms with Crippen LogP contribution in [0.25, 0.3) is 11.0 Å². The molecule has 3 aromatic rings. The second-order valence-corrected chi connectivity index (χ2v) is 8.47. The smallest absolute Gasteiger partial charge is 0.342 e. The summed E-state index contributed by atoms with van der Waals surface area (Å²) in [5, 5.41) is 3.17. The summed E-state index contributed by atoms with van der Waals surface area (Å²) in [7, 11) is 0. The van der Waals surface area contributed by atoms with Crippen molar-refractivity contribution < 1.29 is 22.8 Å². The van der Waals surface area contributed by atoms with E-state index in [0.717, 1.165) is 12.1 Å². The van der Waals surface area contributed by atoms with Gasteiger partial charge >= 0.3 is 6.18 Å². The molecule has 10 heteroatoms. The first-order chi connectivity index (χ1) is 16.2. The van der Waals surface area contributed by atoms with E-state index in [1.54, 1.807) is 30.4 Å². The monoisotopic (exact) mass is 490 g/mol. The molecule has 4 rings (SSSR count). The van der Waals surface area contributed by atoms with Gasteiger partial charge in [-0.25, -0.2) is 4.98 Å². The molecule has 0 radical (unpaired) electrons. The molecule has 2 heterocycles. The van der Waals surface area contributed by atoms with E-state index in [1.807, 2.05) is 6.92 Å². The van der Waals surface area contributed by atoms with Crippen LogP contribution in [0.2, 0.25) is 5.02 Å². The second kappa shape index (κ2) is 9.50. The number of carbonyl (C=O) groups is 2. The van der Waals surface area contributed by atoms with E-state index in [0.29, 0.717) is 47.8 Å². The second-order valence-electron chi connectivity index (χ2n) is 8.04. The van der Waals surface area contributed by atoms with Gasteiger partial charge in [-0.2, -0.15) is 13.2 Å². The Morgan fingerprint density at radius 1 is 1.18 bits per heavy atom. The first kappa shape index (κ1) is 23.8. The summed E-state index contributed by atoms with van der Waals surface area (Å²) in [6, 6.07) is 7.51. The third-order valence-corrected chi connectivity index (χ3v) is 5.83. The normalized spacial score (nSPS) is 14.6. The average Bonchev–Trinajstić information content (AvgIpc) is 3.47. The lowest BCUT2D eigenvalue weighted by atomic mass is 10.0. The summed E-state index contributed by atoms with van der Waals surface area (Å²) < 4.78 is 41.6. The number of alkyl halides is 3. The number of amides is 2. The van der Waals surface area contributed by atoms with Gasteiger partial charge in [0.2, 0.25) is 0 Å². The number of benzene rings is 2. The predicted molar refractivity (Wildman–Crippen MR) is 123 cm³/mol. The van der Waals surface area contributed by atoms with Crippen molar-refractivity contribution >= 4 is 34.4 Å². The molecule has 6 nitrogen and oxygen atoms in total. The molecule has 178 valence electrons. The number of halogens is 4. The minimum absolute atomic E-state index is 0.119. The Hall–Kier alpha value is -3.33. The topological polar surface area (TPSA) is 78.1 Å². The van der Waals surface area contributed by atoms with Crippen LogP contribution in [0.3, 0.4) is 0 Å². The van der Waals surface area contributed by atoms with Gasteiger partial charge in [0.25, 0.3) is 11.8 Å². The van der Waals surface area contributed by atoms with Gasteiger partial charge in [-0.1, -0.05) is 37.1 Å². The molecule has 1 atom stereocenters. The fourth-order valence-corrected chi connectivity index (χ4v) is 4.07. The summed E-state index contributed by atoms with van der Waals surface area (Å²) in [4.78, 5) is 34.5. The molecule has 0 saturated carbocycles. The van der Waals surface area contributed by atoms with Crippen LogP contribution in [0.4, 0.5) is 13.2 Å². The average molecular weight is 491 g/mol. The van der Waals surface area contributed by atoms with Crippen molar-refractivity contribution in [3.8, 4) is 0 Å². The number of hydrogen-bond acceptors (Lipinski definition) is 3. The van der Waals surface area contributed by atoms with E-state index in [1.165, 1.54) is 11.0 Å². The molecule has 0 unspecified atom stereocenters. The van der Waals surface area contributed by atoms with Crippen LogP contribution in [0.5, 0.6) is 0 Å². The standard InChI is InChI=1S/C24H22ClF3N4O2/c1-2-5-19(21-29-18-9-7-15(25)13-20(18)30-21)31-22(33)16-8-6-14(12-17(16)24(26,27)28)23(34)32-10-3-4-11-32/h3-4,6-9,12-13,19H,2,5,10-11H2,1H3,(H,29,30)(H,31,33)/t19-/m0/s1. The molecule has 2 amide bonds. The third kappa shape index (κ3) is 4.94. The Morgan fingerprint density at radius 2 is 1.91 bits per heavy atom. The highest BCUT2D eigenvalue weighted by molar-refractivity contribution is 6.31. The van der Waals surface area contributed by atoms with E-state index in [-0.39, 0.29) is 5.56 Å². The Balaban J connectivity index is 1.63. The quantitative estimate of drug-likeness (QED) is 0.447. The zero-order chi connectivity index (χ0) is 24.5. The number of imidazole rings is 1. The number of aromatic amines is 1. The number of H-pyrrole nitrogens is 1. The van der Waals surface area contributed by atoms with Crippen molar-refractivity contribution in [3.63, 3.8) is 0 Å². The molecule has 0 bridgehead atoms. The molecule has 0 saturated heterocycles. The molecule has 1 aliphatic heterocycles. The highest BCUT2D eigenvalue weighted by Gasteiger charge is 2.37. The summed E-state index contributed by atoms with van der Waals surface area (Å²) >= 11 is 6.01. The molecule has 1 aromatic heterocycles. The minimum atomic E-state index is -4.82. The lowest BCUT2D eigenvalue weighted by molar-refractivity contribution is -0.138. The van der Waals surface area contributed by atoms with E-state index in [9.17, 15) is 22.8 Å². The number of hydrogen-bond donors (Lipinski definition) is 2. The van der Waals surface area contributed by atoms with Crippen LogP contribution in [-0.4, -0.2) is 39.8 Å². The number of carbonyl (C=O) groups excluding carboxylic acids is 2. The fraction of sp³-hybridized carbons (Fsp3) is 0.292. The minimum Gasteiger partial charge on any atom is -0.342 e. The Kier molecular flexibility index (Phi) is 6.65. The van der Waals surface area contributed by atoms with E-state index in [2.05, 4.69) is 15.3 Å². The molecular formula is C24H22ClF3N4O2. The Labute approximate surface area is 198 Å². The van der Waals surface area contributed by atoms with Crippen molar-refractivity contribution in [2.24, 2.45) is 0 Å². The molecule has 34 heavy (non-hydrogen) atoms. The molecule has 2 N–H and O–H groups in total. The lowest BCUT2D eigenvalue weighted by Crippen LogP contribution is -2.32. The van der Waals surface area contributed by atoms with Gasteiger partial charge < -0.3 is 15.2 Å². The summed E-state index contributed by atoms with van der Waals surface area (Å²) in [5.41, 5.74) is -0.538. The summed E-state index contributed by atoms with van der Waals surface area (Å²) in [6.45, 7) is 2.57. The van der Waals surface area contributed by atoms with Crippen LogP contribution < -0.4 is 5.32 Å². The SMILES string of the molecule is CCC[C@H](NC(=O)c1ccc(C(=O)N2CC=CC2)cc1C(F)(F)F)c1nc2cc(Cl)ccc2[nH]1. The van der Waals surface area contributed by atoms with Crippen molar-refractivity contribution in [2.75, 3.05) is 13.1 Å². The van der Waals surface area contributed by atoms with E-state index >= 15 is 0 Å². The molecule has 2 aromatic carbocycles. The first-order valence-corrected chi connectivity index (χ1v) is 11.2. The van der Waals surface area contributed by atoms with Crippen molar-refractivity contribution in [1.29, 1.82) is 0 Å². The van der Waals surface area contributed by atoms with E-state index < -0.39 is 35.2 Å². The number of aromatic nitrogens is 2. The van der Waals surface area contributed by atoms with Gasteiger partial charge in [-0.3, -0.25) is 9.59 Å². The largest absolute Gasteiger partial charge is 0.417 e. The maximum absolute atomic E-state index is 13.9. The molecule has 0 aliphatic carbocycles. The van der Waals surface area contributed by atoms with Gasteiger partial charge in [0, 0.05) is 23.7 Å². The van der Waals surface area contributed by atoms with Gasteiger partial charge in [0.05, 0.1) is 28.2 Å². The van der Waals surface area contributed by atoms with Gasteiger partial charge in [0.1, 0.15) is 5.82 Å². The van der Waals surface area contributed by atoms with Crippen LogP contribution in [0, 0.1) is 0 Å². The lowest BCUT2D eigenvalue weighted by Gasteiger charge is -2.20. The number of nitrogens with one attached hydrogen (secondary N) is 2. The van der Waals surface area contributed by atoms with Crippen LogP contribution in [0.1, 0.15) is 57.9 Å². The zero-order valence-electron chi connectivity index (χ0n) is 18.2. The number of fused-ring (bicyclic) bond motifs is 1. The zero-order valence-corrected chi connectivity index (χ0v) is 19.0. The molecule has 1 aliphatic rings. The maximum atomic E-state index is 13.9. The highest BCUT2D eigenvalue weighted by atomic mass is 35.5. The Morgan fingerprint density at radius 3 is 2.59 bits per heavy atom. The van der Waals surface area contributed by atoms with Crippen LogP contribution >= 0.6 is 11.6 Å². The highest BCUT2D eigenvalue weighted by Crippen LogP contribution is 2.34. The fourth-order valence-electron chi connectivity index (χ4n) is 3.90. The summed E-state index contributed by atoms with van der Waals surface area (Å²) in [6.07, 6.45) is -0.164. The van der Waals surface area contributed by atoms with Crippen molar-refractivity contribution in [3.05, 3.63) is 76.1 Å². The third-order valence-electron chi connectivity index (χ3n) is 5.60. The number of nitrogens with zero attached hydrogens (tertiary/aromatic N) is 2. The van der Waals surface area contributed by atoms with Crippen molar-refractivity contribution in [2.45, 2.75) is 32.0 Å². The number of rotatable bonds is 6. The van der Waals surface area contributed by atoms with Gasteiger partial charge in [0.15, 0.2) is 0 Å². The maximum Gasteiger partial charge on any atom is 0.417 e. The predicted octanol–water partition coefficient (Wildman–Crippen LogP) is 5.52. The van der Waals surface area contributed by atoms with Crippen LogP contribution in [0.15, 0.2) is 48.6 Å². The molecule has 0 spiro atoms. The van der Waals surface area contributed by atoms with E-state index in [4.69, 9.17) is 11.6 Å². The Bertz CT molecular complexity index is 1260. The molecule has 0 fully saturated rings. The van der Waals surface area contributed by atoms with Crippen LogP contribution in [-0.2, 0) is 6.18 Å². The molecular weight excluding hydrogens is 469 g/mol. The first-order valence-electron chi connectivity index (χ1n) is 10.8. The summed E-state index contributed by atoms with van der Waals surface area (Å²) in [5.74, 6) is -0.993. The van der Waals surface area contributed by atoms with Gasteiger partial charge in [-0.05, 0) is 42.8 Å². The van der Waals surface area contributed by atoms with Crippen molar-refractivity contribution in [1.82, 2.24) is 20.2 Å².